The van der Waals surface area contributed by atoms with Gasteiger partial charge in [0.25, 0.3) is 5.56 Å². The third-order valence-corrected chi connectivity index (χ3v) is 4.51. The first kappa shape index (κ1) is 16.4. The molecule has 0 spiro atoms. The van der Waals surface area contributed by atoms with Crippen LogP contribution in [0.15, 0.2) is 23.0 Å². The molecular weight excluding hydrogens is 310 g/mol. The van der Waals surface area contributed by atoms with Crippen LogP contribution < -0.4 is 10.5 Å². The highest BCUT2D eigenvalue weighted by Crippen LogP contribution is 2.22. The Morgan fingerprint density at radius 2 is 2.25 bits per heavy atom. The smallest absolute Gasteiger partial charge is 0.337 e. The highest BCUT2D eigenvalue weighted by Gasteiger charge is 2.26. The lowest BCUT2D eigenvalue weighted by Crippen LogP contribution is -2.32. The fourth-order valence-electron chi connectivity index (χ4n) is 3.16. The second kappa shape index (κ2) is 6.60. The molecule has 0 radical (unpaired) electrons. The van der Waals surface area contributed by atoms with Gasteiger partial charge < -0.3 is 19.3 Å². The van der Waals surface area contributed by atoms with E-state index in [0.29, 0.717) is 42.0 Å². The maximum absolute atomic E-state index is 12.8. The van der Waals surface area contributed by atoms with Crippen LogP contribution in [0.25, 0.3) is 11.0 Å². The van der Waals surface area contributed by atoms with E-state index in [9.17, 15) is 14.7 Å². The van der Waals surface area contributed by atoms with Gasteiger partial charge in [-0.3, -0.25) is 4.79 Å². The van der Waals surface area contributed by atoms with Crippen LogP contribution in [0.3, 0.4) is 0 Å². The van der Waals surface area contributed by atoms with E-state index in [2.05, 4.69) is 4.98 Å². The highest BCUT2D eigenvalue weighted by atomic mass is 16.5. The van der Waals surface area contributed by atoms with Gasteiger partial charge in [-0.15, -0.1) is 0 Å². The maximum atomic E-state index is 12.8. The van der Waals surface area contributed by atoms with E-state index in [1.165, 1.54) is 7.11 Å². The Labute approximate surface area is 139 Å². The van der Waals surface area contributed by atoms with E-state index < -0.39 is 5.97 Å². The number of aromatic nitrogens is 2. The first-order chi connectivity index (χ1) is 11.6. The first-order valence-electron chi connectivity index (χ1n) is 8.07. The quantitative estimate of drug-likeness (QED) is 0.842. The van der Waals surface area contributed by atoms with Crippen molar-refractivity contribution in [1.82, 2.24) is 9.55 Å². The molecule has 7 heteroatoms. The largest absolute Gasteiger partial charge is 0.465 e. The summed E-state index contributed by atoms with van der Waals surface area (Å²) in [6.07, 6.45) is 0.850. The van der Waals surface area contributed by atoms with Crippen LogP contribution in [0.1, 0.15) is 23.7 Å². The standard InChI is InChI=1S/C17H21N3O4/c1-3-20-14-8-12(17(23)24-2)4-5-13(14)18-15(16(20)22)19-7-6-11(9-19)10-21/h4-5,8,11,21H,3,6-7,9-10H2,1-2H3/t11-/m0/s1. The molecular formula is C17H21N3O4. The van der Waals surface area contributed by atoms with E-state index in [1.807, 2.05) is 11.8 Å². The number of nitrogens with zero attached hydrogens (tertiary/aromatic N) is 3. The molecule has 0 bridgehead atoms. The number of esters is 1. The van der Waals surface area contributed by atoms with Crippen LogP contribution in [0, 0.1) is 5.92 Å². The van der Waals surface area contributed by atoms with Crippen molar-refractivity contribution in [3.05, 3.63) is 34.1 Å². The number of hydrogen-bond donors (Lipinski definition) is 1. The summed E-state index contributed by atoms with van der Waals surface area (Å²) in [4.78, 5) is 31.0. The number of hydrogen-bond acceptors (Lipinski definition) is 6. The Morgan fingerprint density at radius 3 is 2.88 bits per heavy atom. The van der Waals surface area contributed by atoms with E-state index >= 15 is 0 Å². The predicted molar refractivity (Wildman–Crippen MR) is 90.4 cm³/mol. The lowest BCUT2D eigenvalue weighted by atomic mass is 10.1. The Hall–Kier alpha value is -2.41. The minimum Gasteiger partial charge on any atom is -0.465 e. The third-order valence-electron chi connectivity index (χ3n) is 4.51. The number of anilines is 1. The number of ether oxygens (including phenoxy) is 1. The number of aliphatic hydroxyl groups excluding tert-OH is 1. The molecule has 1 N–H and O–H groups in total. The van der Waals surface area contributed by atoms with Crippen molar-refractivity contribution in [2.75, 3.05) is 31.7 Å². The molecule has 1 aliphatic heterocycles. The normalized spacial score (nSPS) is 17.5. The van der Waals surface area contributed by atoms with Crippen molar-refractivity contribution < 1.29 is 14.6 Å². The maximum Gasteiger partial charge on any atom is 0.337 e. The molecule has 24 heavy (non-hydrogen) atoms. The summed E-state index contributed by atoms with van der Waals surface area (Å²) < 4.78 is 6.36. The van der Waals surface area contributed by atoms with E-state index in [1.54, 1.807) is 22.8 Å². The third kappa shape index (κ3) is 2.75. The fraction of sp³-hybridized carbons (Fsp3) is 0.471. The molecule has 2 heterocycles. The van der Waals surface area contributed by atoms with Gasteiger partial charge in [0.15, 0.2) is 5.82 Å². The van der Waals surface area contributed by atoms with Gasteiger partial charge >= 0.3 is 5.97 Å². The van der Waals surface area contributed by atoms with Crippen molar-refractivity contribution in [2.24, 2.45) is 5.92 Å². The molecule has 2 aromatic rings. The monoisotopic (exact) mass is 331 g/mol. The minimum atomic E-state index is -0.443. The summed E-state index contributed by atoms with van der Waals surface area (Å²) in [6, 6.07) is 5.02. The number of aryl methyl sites for hydroxylation is 1. The molecule has 128 valence electrons. The van der Waals surface area contributed by atoms with Gasteiger partial charge in [0.05, 0.1) is 23.7 Å². The van der Waals surface area contributed by atoms with E-state index in [0.717, 1.165) is 6.42 Å². The number of aliphatic hydroxyl groups is 1. The highest BCUT2D eigenvalue weighted by molar-refractivity contribution is 5.93. The number of fused-ring (bicyclic) bond motifs is 1. The second-order valence-electron chi connectivity index (χ2n) is 5.96. The van der Waals surface area contributed by atoms with Crippen molar-refractivity contribution >= 4 is 22.8 Å². The van der Waals surface area contributed by atoms with Gasteiger partial charge in [0.2, 0.25) is 0 Å². The Morgan fingerprint density at radius 1 is 1.46 bits per heavy atom. The number of rotatable bonds is 4. The molecule has 3 rings (SSSR count). The van der Waals surface area contributed by atoms with E-state index in [4.69, 9.17) is 4.74 Å². The van der Waals surface area contributed by atoms with Gasteiger partial charge in [-0.2, -0.15) is 0 Å². The molecule has 1 aromatic heterocycles. The summed E-state index contributed by atoms with van der Waals surface area (Å²) in [5, 5.41) is 9.30. The summed E-state index contributed by atoms with van der Waals surface area (Å²) in [7, 11) is 1.33. The van der Waals surface area contributed by atoms with Gasteiger partial charge in [-0.05, 0) is 31.5 Å². The van der Waals surface area contributed by atoms with Crippen LogP contribution in [0.2, 0.25) is 0 Å². The summed E-state index contributed by atoms with van der Waals surface area (Å²) in [6.45, 7) is 3.83. The Balaban J connectivity index is 2.12. The van der Waals surface area contributed by atoms with Crippen LogP contribution in [0.4, 0.5) is 5.82 Å². The number of benzene rings is 1. The topological polar surface area (TPSA) is 84.7 Å². The second-order valence-corrected chi connectivity index (χ2v) is 5.96. The molecule has 1 atom stereocenters. The number of carbonyl (C=O) groups is 1. The van der Waals surface area contributed by atoms with Gasteiger partial charge in [0.1, 0.15) is 0 Å². The lowest BCUT2D eigenvalue weighted by molar-refractivity contribution is 0.0601. The number of carbonyl (C=O) groups excluding carboxylic acids is 1. The first-order valence-corrected chi connectivity index (χ1v) is 8.07. The van der Waals surface area contributed by atoms with Crippen molar-refractivity contribution in [1.29, 1.82) is 0 Å². The molecule has 1 fully saturated rings. The van der Waals surface area contributed by atoms with Gasteiger partial charge in [-0.1, -0.05) is 0 Å². The van der Waals surface area contributed by atoms with Crippen molar-refractivity contribution in [3.8, 4) is 0 Å². The molecule has 0 unspecified atom stereocenters. The summed E-state index contributed by atoms with van der Waals surface area (Å²) in [5.74, 6) is 0.145. The minimum absolute atomic E-state index is 0.120. The average Bonchev–Trinajstić information content (AvgIpc) is 3.09. The van der Waals surface area contributed by atoms with Crippen molar-refractivity contribution in [2.45, 2.75) is 19.9 Å². The van der Waals surface area contributed by atoms with E-state index in [-0.39, 0.29) is 18.1 Å². The molecule has 1 aromatic carbocycles. The lowest BCUT2D eigenvalue weighted by Gasteiger charge is -2.19. The molecule has 7 nitrogen and oxygen atoms in total. The number of methoxy groups -OCH3 is 1. The molecule has 0 aliphatic carbocycles. The van der Waals surface area contributed by atoms with Crippen LogP contribution in [-0.2, 0) is 11.3 Å². The van der Waals surface area contributed by atoms with Crippen molar-refractivity contribution in [3.63, 3.8) is 0 Å². The summed E-state index contributed by atoms with van der Waals surface area (Å²) in [5.41, 5.74) is 1.49. The Kier molecular flexibility index (Phi) is 4.53. The zero-order valence-corrected chi connectivity index (χ0v) is 13.9. The SMILES string of the molecule is CCn1c(=O)c(N2CC[C@H](CO)C2)nc2ccc(C(=O)OC)cc21. The van der Waals surface area contributed by atoms with Crippen LogP contribution in [-0.4, -0.2) is 47.4 Å². The summed E-state index contributed by atoms with van der Waals surface area (Å²) >= 11 is 0. The predicted octanol–water partition coefficient (Wildman–Crippen LogP) is 1.02. The van der Waals surface area contributed by atoms with Gasteiger partial charge in [0, 0.05) is 32.2 Å². The van der Waals surface area contributed by atoms with Gasteiger partial charge in [-0.25, -0.2) is 9.78 Å². The molecule has 0 saturated carbocycles. The molecule has 1 saturated heterocycles. The molecule has 1 aliphatic rings. The fourth-order valence-corrected chi connectivity index (χ4v) is 3.16. The van der Waals surface area contributed by atoms with Crippen LogP contribution in [0.5, 0.6) is 0 Å². The average molecular weight is 331 g/mol. The van der Waals surface area contributed by atoms with Crippen LogP contribution >= 0.6 is 0 Å². The molecule has 0 amide bonds. The zero-order valence-electron chi connectivity index (χ0n) is 13.9. The Bertz CT molecular complexity index is 830. The zero-order chi connectivity index (χ0) is 17.3.